The van der Waals surface area contributed by atoms with Gasteiger partial charge in [-0.25, -0.2) is 5.14 Å². The molecule has 7 heteroatoms. The normalized spacial score (nSPS) is 31.2. The molecule has 1 fully saturated rings. The van der Waals surface area contributed by atoms with Crippen molar-refractivity contribution < 1.29 is 8.42 Å². The Labute approximate surface area is 102 Å². The van der Waals surface area contributed by atoms with Gasteiger partial charge in [0.2, 0.25) is 0 Å². The first-order valence-corrected chi connectivity index (χ1v) is 7.36. The number of hydrogen-bond acceptors (Lipinski definition) is 3. The maximum Gasteiger partial charge on any atom is 0.275 e. The topological polar surface area (TPSA) is 98.2 Å². The van der Waals surface area contributed by atoms with Gasteiger partial charge < -0.3 is 5.73 Å². The van der Waals surface area contributed by atoms with Gasteiger partial charge in [0, 0.05) is 0 Å². The van der Waals surface area contributed by atoms with Crippen LogP contribution in [-0.4, -0.2) is 18.9 Å². The van der Waals surface area contributed by atoms with Crippen LogP contribution >= 0.6 is 12.2 Å². The lowest BCUT2D eigenvalue weighted by atomic mass is 9.76. The van der Waals surface area contributed by atoms with Gasteiger partial charge in [-0.3, -0.25) is 0 Å². The average Bonchev–Trinajstić information content (AvgIpc) is 2.16. The van der Waals surface area contributed by atoms with E-state index in [1.807, 2.05) is 0 Å². The van der Waals surface area contributed by atoms with Crippen LogP contribution in [0.25, 0.3) is 0 Å². The van der Waals surface area contributed by atoms with Crippen molar-refractivity contribution in [3.05, 3.63) is 0 Å². The second-order valence-corrected chi connectivity index (χ2v) is 6.18. The third-order valence-electron chi connectivity index (χ3n) is 3.35. The summed E-state index contributed by atoms with van der Waals surface area (Å²) in [5.41, 5.74) is 4.83. The van der Waals surface area contributed by atoms with Crippen LogP contribution in [0.15, 0.2) is 0 Å². The molecule has 1 aliphatic rings. The average molecular weight is 265 g/mol. The molecule has 0 aromatic carbocycles. The lowest BCUT2D eigenvalue weighted by Crippen LogP contribution is -2.59. The van der Waals surface area contributed by atoms with E-state index < -0.39 is 15.7 Å². The fourth-order valence-corrected chi connectivity index (χ4v) is 3.43. The van der Waals surface area contributed by atoms with Crippen LogP contribution in [0.1, 0.15) is 39.0 Å². The van der Waals surface area contributed by atoms with E-state index in [9.17, 15) is 8.42 Å². The van der Waals surface area contributed by atoms with E-state index in [2.05, 4.69) is 11.6 Å². The first-order chi connectivity index (χ1) is 7.29. The zero-order chi connectivity index (χ0) is 12.4. The van der Waals surface area contributed by atoms with E-state index in [0.717, 1.165) is 19.3 Å². The summed E-state index contributed by atoms with van der Waals surface area (Å²) in [6.07, 6.45) is 4.23. The number of hydrogen-bond donors (Lipinski definition) is 3. The molecule has 0 aromatic rings. The summed E-state index contributed by atoms with van der Waals surface area (Å²) in [6.45, 7) is 2.13. The summed E-state index contributed by atoms with van der Waals surface area (Å²) in [5, 5.41) is 5.00. The van der Waals surface area contributed by atoms with Crippen LogP contribution in [0, 0.1) is 5.92 Å². The van der Waals surface area contributed by atoms with Crippen molar-refractivity contribution in [1.29, 1.82) is 0 Å². The van der Waals surface area contributed by atoms with Crippen molar-refractivity contribution in [2.45, 2.75) is 44.6 Å². The largest absolute Gasteiger partial charge is 0.392 e. The van der Waals surface area contributed by atoms with Gasteiger partial charge >= 0.3 is 0 Å². The van der Waals surface area contributed by atoms with Crippen LogP contribution in [0.5, 0.6) is 0 Å². The van der Waals surface area contributed by atoms with E-state index in [1.54, 1.807) is 0 Å². The van der Waals surface area contributed by atoms with Crippen LogP contribution in [0.3, 0.4) is 0 Å². The van der Waals surface area contributed by atoms with Gasteiger partial charge in [-0.05, 0) is 31.6 Å². The van der Waals surface area contributed by atoms with Gasteiger partial charge in [-0.1, -0.05) is 25.6 Å². The van der Waals surface area contributed by atoms with Crippen LogP contribution in [0.4, 0.5) is 0 Å². The summed E-state index contributed by atoms with van der Waals surface area (Å²) in [6, 6.07) is 0. The molecule has 0 aromatic heterocycles. The Hall–Kier alpha value is -0.240. The van der Waals surface area contributed by atoms with E-state index in [1.165, 1.54) is 0 Å². The maximum atomic E-state index is 11.1. The van der Waals surface area contributed by atoms with Gasteiger partial charge in [-0.15, -0.1) is 0 Å². The molecule has 0 aliphatic heterocycles. The molecule has 0 heterocycles. The molecule has 1 aliphatic carbocycles. The molecule has 0 bridgehead atoms. The molecule has 1 saturated carbocycles. The smallest absolute Gasteiger partial charge is 0.275 e. The molecule has 0 radical (unpaired) electrons. The Kier molecular flexibility index (Phi) is 4.28. The lowest BCUT2D eigenvalue weighted by Gasteiger charge is -2.39. The molecular weight excluding hydrogens is 246 g/mol. The summed E-state index contributed by atoms with van der Waals surface area (Å²) in [5.74, 6) is 0.629. The molecule has 16 heavy (non-hydrogen) atoms. The van der Waals surface area contributed by atoms with E-state index in [0.29, 0.717) is 18.8 Å². The van der Waals surface area contributed by atoms with Crippen LogP contribution < -0.4 is 15.6 Å². The minimum absolute atomic E-state index is 0.191. The number of rotatable bonds is 4. The third-order valence-corrected chi connectivity index (χ3v) is 4.41. The second-order valence-electron chi connectivity index (χ2n) is 4.45. The van der Waals surface area contributed by atoms with Crippen molar-refractivity contribution in [1.82, 2.24) is 4.72 Å². The Morgan fingerprint density at radius 3 is 2.31 bits per heavy atom. The van der Waals surface area contributed by atoms with Crippen molar-refractivity contribution in [2.75, 3.05) is 0 Å². The highest BCUT2D eigenvalue weighted by Gasteiger charge is 2.39. The molecule has 5 nitrogen and oxygen atoms in total. The predicted molar refractivity (Wildman–Crippen MR) is 68.0 cm³/mol. The van der Waals surface area contributed by atoms with Crippen molar-refractivity contribution >= 4 is 27.4 Å². The number of nitrogens with two attached hydrogens (primary N) is 2. The summed E-state index contributed by atoms with van der Waals surface area (Å²) in [7, 11) is -3.77. The molecule has 0 saturated heterocycles. The monoisotopic (exact) mass is 265 g/mol. The molecule has 0 unspecified atom stereocenters. The minimum Gasteiger partial charge on any atom is -0.392 e. The van der Waals surface area contributed by atoms with Gasteiger partial charge in [0.05, 0.1) is 10.5 Å². The molecule has 0 atom stereocenters. The van der Waals surface area contributed by atoms with Crippen molar-refractivity contribution in [3.8, 4) is 0 Å². The standard InChI is InChI=1S/C9H19N3O2S2/c1-2-7-3-5-9(6-4-7,8(10)15)12-16(11,13)14/h7,12H,2-6H2,1H3,(H2,10,15)(H2,11,13,14). The lowest BCUT2D eigenvalue weighted by molar-refractivity contribution is 0.269. The quantitative estimate of drug-likeness (QED) is 0.641. The number of nitrogens with one attached hydrogen (secondary N) is 1. The van der Waals surface area contributed by atoms with Crippen molar-refractivity contribution in [2.24, 2.45) is 16.8 Å². The van der Waals surface area contributed by atoms with Gasteiger partial charge in [0.15, 0.2) is 0 Å². The SMILES string of the molecule is CCC1CCC(NS(N)(=O)=O)(C(N)=S)CC1. The zero-order valence-corrected chi connectivity index (χ0v) is 11.0. The van der Waals surface area contributed by atoms with Gasteiger partial charge in [-0.2, -0.15) is 13.1 Å². The predicted octanol–water partition coefficient (Wildman–Crippen LogP) is 0.405. The van der Waals surface area contributed by atoms with E-state index in [-0.39, 0.29) is 4.99 Å². The first kappa shape index (κ1) is 13.8. The maximum absolute atomic E-state index is 11.1. The van der Waals surface area contributed by atoms with Crippen LogP contribution in [0.2, 0.25) is 0 Å². The second kappa shape index (κ2) is 4.95. The molecule has 0 amide bonds. The Morgan fingerprint density at radius 1 is 1.50 bits per heavy atom. The summed E-state index contributed by atoms with van der Waals surface area (Å²) >= 11 is 4.97. The van der Waals surface area contributed by atoms with E-state index >= 15 is 0 Å². The highest BCUT2D eigenvalue weighted by Crippen LogP contribution is 2.34. The fraction of sp³-hybridized carbons (Fsp3) is 0.889. The van der Waals surface area contributed by atoms with Crippen LogP contribution in [-0.2, 0) is 10.2 Å². The fourth-order valence-electron chi connectivity index (χ4n) is 2.25. The molecule has 1 rings (SSSR count). The van der Waals surface area contributed by atoms with E-state index in [4.69, 9.17) is 23.1 Å². The van der Waals surface area contributed by atoms with Gasteiger partial charge in [0.1, 0.15) is 0 Å². The summed E-state index contributed by atoms with van der Waals surface area (Å²) < 4.78 is 24.6. The zero-order valence-electron chi connectivity index (χ0n) is 9.40. The highest BCUT2D eigenvalue weighted by molar-refractivity contribution is 7.87. The summed E-state index contributed by atoms with van der Waals surface area (Å²) in [4.78, 5) is 0.191. The first-order valence-electron chi connectivity index (χ1n) is 5.40. The molecule has 94 valence electrons. The number of thiocarbonyl (C=S) groups is 1. The Bertz CT molecular complexity index is 359. The molecule has 0 spiro atoms. The molecule has 5 N–H and O–H groups in total. The molecular formula is C9H19N3O2S2. The van der Waals surface area contributed by atoms with Gasteiger partial charge in [0.25, 0.3) is 10.2 Å². The Balaban J connectivity index is 2.81. The third kappa shape index (κ3) is 3.38. The minimum atomic E-state index is -3.77. The van der Waals surface area contributed by atoms with Crippen molar-refractivity contribution in [3.63, 3.8) is 0 Å². The Morgan fingerprint density at radius 2 is 2.00 bits per heavy atom. The highest BCUT2D eigenvalue weighted by atomic mass is 32.2.